The topological polar surface area (TPSA) is 27.7 Å². The van der Waals surface area contributed by atoms with Crippen LogP contribution < -0.4 is 0 Å². The van der Waals surface area contributed by atoms with Gasteiger partial charge in [-0.05, 0) is 19.3 Å². The second kappa shape index (κ2) is 5.51. The van der Waals surface area contributed by atoms with Gasteiger partial charge in [0.05, 0.1) is 0 Å². The van der Waals surface area contributed by atoms with E-state index in [0.29, 0.717) is 10.8 Å². The van der Waals surface area contributed by atoms with Crippen LogP contribution in [0, 0.1) is 0 Å². The smallest absolute Gasteiger partial charge is 0.377 e. The van der Waals surface area contributed by atoms with Gasteiger partial charge in [-0.1, -0.05) is 6.42 Å². The van der Waals surface area contributed by atoms with E-state index in [0.717, 1.165) is 12.8 Å². The monoisotopic (exact) mass is 236 g/mol. The summed E-state index contributed by atoms with van der Waals surface area (Å²) < 4.78 is 16.5. The van der Waals surface area contributed by atoms with Crippen LogP contribution in [0.1, 0.15) is 25.7 Å². The molecule has 1 fully saturated rings. The molecule has 1 aliphatic rings. The van der Waals surface area contributed by atoms with E-state index >= 15 is 0 Å². The third kappa shape index (κ3) is 2.52. The first kappa shape index (κ1) is 12.5. The molecule has 0 bridgehead atoms. The zero-order valence-corrected chi connectivity index (χ0v) is 11.0. The van der Waals surface area contributed by atoms with Gasteiger partial charge in [0.1, 0.15) is 0 Å². The van der Waals surface area contributed by atoms with Crippen molar-refractivity contribution in [3.8, 4) is 0 Å². The summed E-state index contributed by atoms with van der Waals surface area (Å²) in [6, 6.07) is 0. The van der Waals surface area contributed by atoms with Crippen molar-refractivity contribution in [1.29, 1.82) is 0 Å². The van der Waals surface area contributed by atoms with Crippen molar-refractivity contribution < 1.29 is 13.3 Å². The van der Waals surface area contributed by atoms with Crippen LogP contribution in [-0.2, 0) is 13.3 Å². The van der Waals surface area contributed by atoms with Gasteiger partial charge in [0.2, 0.25) is 0 Å². The highest BCUT2D eigenvalue weighted by atomic mass is 32.1. The maximum Gasteiger partial charge on any atom is 0.503 e. The van der Waals surface area contributed by atoms with E-state index < -0.39 is 8.80 Å². The van der Waals surface area contributed by atoms with Gasteiger partial charge in [0.25, 0.3) is 0 Å². The third-order valence-corrected chi connectivity index (χ3v) is 6.70. The van der Waals surface area contributed by atoms with Crippen LogP contribution in [0.25, 0.3) is 0 Å². The zero-order valence-electron chi connectivity index (χ0n) is 9.16. The Morgan fingerprint density at radius 2 is 1.64 bits per heavy atom. The van der Waals surface area contributed by atoms with Crippen LogP contribution in [0.3, 0.4) is 0 Å². The summed E-state index contributed by atoms with van der Waals surface area (Å²) in [6.07, 6.45) is 4.58. The molecule has 5 heteroatoms. The van der Waals surface area contributed by atoms with Crippen molar-refractivity contribution in [2.24, 2.45) is 0 Å². The van der Waals surface area contributed by atoms with Crippen LogP contribution in [0.4, 0.5) is 0 Å². The first-order valence-electron chi connectivity index (χ1n) is 5.02. The van der Waals surface area contributed by atoms with Crippen molar-refractivity contribution in [1.82, 2.24) is 0 Å². The van der Waals surface area contributed by atoms with Gasteiger partial charge in [-0.3, -0.25) is 0 Å². The van der Waals surface area contributed by atoms with Gasteiger partial charge in [-0.2, -0.15) is 12.6 Å². The number of hydrogen-bond donors (Lipinski definition) is 1. The van der Waals surface area contributed by atoms with Gasteiger partial charge in [-0.15, -0.1) is 0 Å². The first-order chi connectivity index (χ1) is 6.68. The molecule has 0 spiro atoms. The standard InChI is InChI=1S/C9H20O3SSi/c1-10-14(11-2,12-3)9-6-4-5-8(13)7-9/h8-9,13H,4-7H2,1-3H3. The van der Waals surface area contributed by atoms with Crippen LogP contribution >= 0.6 is 12.6 Å². The van der Waals surface area contributed by atoms with Crippen molar-refractivity contribution >= 4 is 21.4 Å². The maximum absolute atomic E-state index is 5.48. The van der Waals surface area contributed by atoms with Gasteiger partial charge in [0.15, 0.2) is 0 Å². The second-order valence-corrected chi connectivity index (χ2v) is 7.71. The normalized spacial score (nSPS) is 29.1. The summed E-state index contributed by atoms with van der Waals surface area (Å²) in [6.45, 7) is 0. The van der Waals surface area contributed by atoms with E-state index in [1.54, 1.807) is 21.3 Å². The van der Waals surface area contributed by atoms with E-state index in [2.05, 4.69) is 12.6 Å². The quantitative estimate of drug-likeness (QED) is 0.598. The number of rotatable bonds is 4. The Kier molecular flexibility index (Phi) is 4.92. The largest absolute Gasteiger partial charge is 0.503 e. The number of hydrogen-bond acceptors (Lipinski definition) is 4. The highest BCUT2D eigenvalue weighted by Crippen LogP contribution is 2.39. The Bertz CT molecular complexity index is 167. The fourth-order valence-corrected chi connectivity index (χ4v) is 5.50. The molecule has 0 aromatic heterocycles. The molecular formula is C9H20O3SSi. The molecule has 0 amide bonds. The summed E-state index contributed by atoms with van der Waals surface area (Å²) >= 11 is 4.52. The molecule has 1 saturated carbocycles. The Balaban J connectivity index is 2.66. The molecule has 2 atom stereocenters. The Labute approximate surface area is 92.9 Å². The molecule has 0 saturated heterocycles. The second-order valence-electron chi connectivity index (χ2n) is 3.73. The Morgan fingerprint density at radius 1 is 1.07 bits per heavy atom. The molecule has 84 valence electrons. The summed E-state index contributed by atoms with van der Waals surface area (Å²) in [5.41, 5.74) is 0.416. The van der Waals surface area contributed by atoms with Crippen LogP contribution in [-0.4, -0.2) is 35.4 Å². The molecule has 0 aliphatic heterocycles. The minimum absolute atomic E-state index is 0.416. The highest BCUT2D eigenvalue weighted by Gasteiger charge is 2.48. The first-order valence-corrected chi connectivity index (χ1v) is 7.34. The minimum Gasteiger partial charge on any atom is -0.377 e. The molecule has 3 nitrogen and oxygen atoms in total. The van der Waals surface area contributed by atoms with Crippen LogP contribution in [0.15, 0.2) is 0 Å². The predicted molar refractivity (Wildman–Crippen MR) is 61.8 cm³/mol. The van der Waals surface area contributed by atoms with Gasteiger partial charge in [-0.25, -0.2) is 0 Å². The fourth-order valence-electron chi connectivity index (χ4n) is 2.24. The van der Waals surface area contributed by atoms with Gasteiger partial charge in [0, 0.05) is 32.1 Å². The van der Waals surface area contributed by atoms with Crippen LogP contribution in [0.5, 0.6) is 0 Å². The molecule has 0 aromatic rings. The Morgan fingerprint density at radius 3 is 2.07 bits per heavy atom. The average Bonchev–Trinajstić information content (AvgIpc) is 2.22. The molecule has 0 N–H and O–H groups in total. The lowest BCUT2D eigenvalue weighted by atomic mass is 9.99. The molecule has 0 aromatic carbocycles. The lowest BCUT2D eigenvalue weighted by Gasteiger charge is -2.36. The zero-order chi connectivity index (χ0) is 10.6. The molecule has 0 heterocycles. The Hall–Kier alpha value is 0.447. The lowest BCUT2D eigenvalue weighted by molar-refractivity contribution is 0.105. The molecule has 1 aliphatic carbocycles. The molecule has 2 unspecified atom stereocenters. The maximum atomic E-state index is 5.48. The average molecular weight is 236 g/mol. The van der Waals surface area contributed by atoms with Crippen molar-refractivity contribution in [2.45, 2.75) is 36.5 Å². The molecule has 14 heavy (non-hydrogen) atoms. The summed E-state index contributed by atoms with van der Waals surface area (Å²) in [4.78, 5) is 0. The van der Waals surface area contributed by atoms with E-state index in [1.165, 1.54) is 12.8 Å². The number of thiol groups is 1. The van der Waals surface area contributed by atoms with E-state index in [4.69, 9.17) is 13.3 Å². The lowest BCUT2D eigenvalue weighted by Crippen LogP contribution is -2.49. The SMILES string of the molecule is CO[Si](OC)(OC)C1CCCC(S)C1. The minimum atomic E-state index is -2.41. The fraction of sp³-hybridized carbons (Fsp3) is 1.00. The van der Waals surface area contributed by atoms with Gasteiger partial charge >= 0.3 is 8.80 Å². The molecule has 0 radical (unpaired) electrons. The van der Waals surface area contributed by atoms with Crippen LogP contribution in [0.2, 0.25) is 5.54 Å². The van der Waals surface area contributed by atoms with Crippen molar-refractivity contribution in [3.63, 3.8) is 0 Å². The van der Waals surface area contributed by atoms with E-state index in [1.807, 2.05) is 0 Å². The molecule has 1 rings (SSSR count). The van der Waals surface area contributed by atoms with Gasteiger partial charge < -0.3 is 13.3 Å². The predicted octanol–water partition coefficient (Wildman–Crippen LogP) is 2.11. The third-order valence-electron chi connectivity index (χ3n) is 3.00. The highest BCUT2D eigenvalue weighted by molar-refractivity contribution is 7.80. The summed E-state index contributed by atoms with van der Waals surface area (Å²) in [5.74, 6) is 0. The summed E-state index contributed by atoms with van der Waals surface area (Å²) in [7, 11) is 2.64. The molecular weight excluding hydrogens is 216 g/mol. The van der Waals surface area contributed by atoms with E-state index in [9.17, 15) is 0 Å². The van der Waals surface area contributed by atoms with E-state index in [-0.39, 0.29) is 0 Å². The summed E-state index contributed by atoms with van der Waals surface area (Å²) in [5, 5.41) is 0.473. The van der Waals surface area contributed by atoms with Crippen molar-refractivity contribution in [2.75, 3.05) is 21.3 Å². The van der Waals surface area contributed by atoms with Crippen molar-refractivity contribution in [3.05, 3.63) is 0 Å².